The maximum absolute atomic E-state index is 6.26. The molecular formula is C23H21ClO. The molecule has 0 spiro atoms. The number of fused-ring (bicyclic) bond motifs is 1. The van der Waals surface area contributed by atoms with Crippen LogP contribution in [0.4, 0.5) is 0 Å². The predicted octanol–water partition coefficient (Wildman–Crippen LogP) is 6.88. The van der Waals surface area contributed by atoms with Crippen LogP contribution in [-0.4, -0.2) is 0 Å². The van der Waals surface area contributed by atoms with E-state index in [0.29, 0.717) is 0 Å². The minimum Gasteiger partial charge on any atom is -0.461 e. The van der Waals surface area contributed by atoms with Gasteiger partial charge in [0.25, 0.3) is 0 Å². The van der Waals surface area contributed by atoms with Crippen molar-refractivity contribution in [3.63, 3.8) is 0 Å². The topological polar surface area (TPSA) is 13.1 Å². The minimum absolute atomic E-state index is 0.775. The Morgan fingerprint density at radius 2 is 1.92 bits per heavy atom. The normalized spacial score (nSPS) is 13.0. The molecule has 0 amide bonds. The molecule has 0 saturated carbocycles. The van der Waals surface area contributed by atoms with Gasteiger partial charge < -0.3 is 4.42 Å². The van der Waals surface area contributed by atoms with Gasteiger partial charge in [0.15, 0.2) is 0 Å². The zero-order valence-electron chi connectivity index (χ0n) is 14.8. The first kappa shape index (κ1) is 16.2. The van der Waals surface area contributed by atoms with Crippen LogP contribution >= 0.6 is 11.6 Å². The summed E-state index contributed by atoms with van der Waals surface area (Å²) in [4.78, 5) is 0. The fraction of sp³-hybridized carbons (Fsp3) is 0.217. The number of allylic oxidation sites excluding steroid dienone is 1. The molecule has 1 aliphatic rings. The Morgan fingerprint density at radius 3 is 2.60 bits per heavy atom. The Hall–Kier alpha value is -2.25. The molecule has 25 heavy (non-hydrogen) atoms. The molecule has 0 aliphatic heterocycles. The molecule has 0 radical (unpaired) electrons. The SMILES string of the molecule is CCc1ccc2c(c1-c1cccc(Cl)c1)C=C(c1cc(C)c(C)o1)C2. The summed E-state index contributed by atoms with van der Waals surface area (Å²) in [5.74, 6) is 1.98. The number of hydrogen-bond donors (Lipinski definition) is 0. The molecule has 1 aliphatic carbocycles. The van der Waals surface area contributed by atoms with E-state index in [9.17, 15) is 0 Å². The minimum atomic E-state index is 0.775. The van der Waals surface area contributed by atoms with Gasteiger partial charge in [-0.15, -0.1) is 0 Å². The van der Waals surface area contributed by atoms with Crippen molar-refractivity contribution in [2.24, 2.45) is 0 Å². The van der Waals surface area contributed by atoms with Gasteiger partial charge in [-0.3, -0.25) is 0 Å². The Balaban J connectivity index is 1.88. The molecule has 2 aromatic carbocycles. The van der Waals surface area contributed by atoms with Crippen LogP contribution in [0.1, 0.15) is 40.7 Å². The molecule has 126 valence electrons. The van der Waals surface area contributed by atoms with Crippen molar-refractivity contribution < 1.29 is 4.42 Å². The van der Waals surface area contributed by atoms with Crippen LogP contribution in [0.25, 0.3) is 22.8 Å². The van der Waals surface area contributed by atoms with Crippen molar-refractivity contribution in [2.45, 2.75) is 33.6 Å². The van der Waals surface area contributed by atoms with E-state index in [2.05, 4.69) is 50.3 Å². The molecule has 0 bridgehead atoms. The van der Waals surface area contributed by atoms with Crippen LogP contribution in [0.15, 0.2) is 46.9 Å². The summed E-state index contributed by atoms with van der Waals surface area (Å²) >= 11 is 6.26. The third kappa shape index (κ3) is 2.83. The van der Waals surface area contributed by atoms with Crippen molar-refractivity contribution in [2.75, 3.05) is 0 Å². The predicted molar refractivity (Wildman–Crippen MR) is 106 cm³/mol. The van der Waals surface area contributed by atoms with Gasteiger partial charge >= 0.3 is 0 Å². The Bertz CT molecular complexity index is 972. The summed E-state index contributed by atoms with van der Waals surface area (Å²) < 4.78 is 5.96. The number of halogens is 1. The first-order chi connectivity index (χ1) is 12.1. The molecule has 0 fully saturated rings. The van der Waals surface area contributed by atoms with E-state index in [1.165, 1.54) is 39.0 Å². The van der Waals surface area contributed by atoms with Gasteiger partial charge in [0.1, 0.15) is 11.5 Å². The second kappa shape index (κ2) is 6.24. The lowest BCUT2D eigenvalue weighted by Crippen LogP contribution is -1.94. The third-order valence-corrected chi connectivity index (χ3v) is 5.33. The monoisotopic (exact) mass is 348 g/mol. The lowest BCUT2D eigenvalue weighted by molar-refractivity contribution is 0.518. The zero-order valence-corrected chi connectivity index (χ0v) is 15.6. The molecule has 0 atom stereocenters. The van der Waals surface area contributed by atoms with Crippen LogP contribution in [0.2, 0.25) is 5.02 Å². The number of benzene rings is 2. The summed E-state index contributed by atoms with van der Waals surface area (Å²) in [5.41, 5.74) is 8.96. The van der Waals surface area contributed by atoms with Crippen molar-refractivity contribution in [1.29, 1.82) is 0 Å². The number of hydrogen-bond acceptors (Lipinski definition) is 1. The third-order valence-electron chi connectivity index (χ3n) is 5.10. The van der Waals surface area contributed by atoms with Crippen molar-refractivity contribution in [1.82, 2.24) is 0 Å². The number of aryl methyl sites for hydroxylation is 3. The quantitative estimate of drug-likeness (QED) is 0.503. The highest BCUT2D eigenvalue weighted by Gasteiger charge is 2.22. The maximum atomic E-state index is 6.26. The Morgan fingerprint density at radius 1 is 1.08 bits per heavy atom. The van der Waals surface area contributed by atoms with E-state index in [0.717, 1.165) is 29.4 Å². The summed E-state index contributed by atoms with van der Waals surface area (Å²) in [6.45, 7) is 6.32. The van der Waals surface area contributed by atoms with E-state index < -0.39 is 0 Å². The summed E-state index contributed by atoms with van der Waals surface area (Å²) in [7, 11) is 0. The first-order valence-corrected chi connectivity index (χ1v) is 9.13. The summed E-state index contributed by atoms with van der Waals surface area (Å²) in [6.07, 6.45) is 4.21. The van der Waals surface area contributed by atoms with Crippen molar-refractivity contribution in [3.05, 3.63) is 81.3 Å². The number of rotatable bonds is 3. The van der Waals surface area contributed by atoms with Gasteiger partial charge in [0.05, 0.1) is 0 Å². The van der Waals surface area contributed by atoms with E-state index >= 15 is 0 Å². The molecule has 1 nitrogen and oxygen atoms in total. The highest BCUT2D eigenvalue weighted by Crippen LogP contribution is 2.40. The van der Waals surface area contributed by atoms with Crippen LogP contribution in [-0.2, 0) is 12.8 Å². The second-order valence-electron chi connectivity index (χ2n) is 6.73. The van der Waals surface area contributed by atoms with E-state index in [1.54, 1.807) is 0 Å². The second-order valence-corrected chi connectivity index (χ2v) is 7.17. The van der Waals surface area contributed by atoms with Crippen LogP contribution in [0, 0.1) is 13.8 Å². The average Bonchev–Trinajstić information content (AvgIpc) is 3.17. The van der Waals surface area contributed by atoms with Crippen LogP contribution < -0.4 is 0 Å². The van der Waals surface area contributed by atoms with Crippen LogP contribution in [0.5, 0.6) is 0 Å². The van der Waals surface area contributed by atoms with Crippen LogP contribution in [0.3, 0.4) is 0 Å². The summed E-state index contributed by atoms with van der Waals surface area (Å²) in [5, 5.41) is 0.775. The maximum Gasteiger partial charge on any atom is 0.130 e. The molecular weight excluding hydrogens is 328 g/mol. The fourth-order valence-electron chi connectivity index (χ4n) is 3.63. The molecule has 3 aromatic rings. The zero-order chi connectivity index (χ0) is 17.6. The van der Waals surface area contributed by atoms with Gasteiger partial charge in [-0.1, -0.05) is 42.8 Å². The van der Waals surface area contributed by atoms with Gasteiger partial charge in [0, 0.05) is 11.4 Å². The molecule has 2 heteroatoms. The smallest absolute Gasteiger partial charge is 0.130 e. The number of furan rings is 1. The van der Waals surface area contributed by atoms with E-state index in [4.69, 9.17) is 16.0 Å². The Labute approximate surface area is 154 Å². The molecule has 1 aromatic heterocycles. The van der Waals surface area contributed by atoms with E-state index in [-0.39, 0.29) is 0 Å². The highest BCUT2D eigenvalue weighted by molar-refractivity contribution is 6.30. The van der Waals surface area contributed by atoms with Crippen molar-refractivity contribution in [3.8, 4) is 11.1 Å². The lowest BCUT2D eigenvalue weighted by atomic mass is 9.91. The Kier molecular flexibility index (Phi) is 4.05. The largest absolute Gasteiger partial charge is 0.461 e. The molecule has 0 saturated heterocycles. The van der Waals surface area contributed by atoms with Gasteiger partial charge in [0.2, 0.25) is 0 Å². The fourth-order valence-corrected chi connectivity index (χ4v) is 3.82. The average molecular weight is 349 g/mol. The van der Waals surface area contributed by atoms with E-state index in [1.807, 2.05) is 19.1 Å². The molecule has 0 N–H and O–H groups in total. The standard InChI is InChI=1S/C23H21ClO/c1-4-16-8-9-17-11-19(22-10-14(2)15(3)25-22)13-21(17)23(16)18-6-5-7-20(24)12-18/h5-10,12-13H,4,11H2,1-3H3. The highest BCUT2D eigenvalue weighted by atomic mass is 35.5. The molecule has 4 rings (SSSR count). The van der Waals surface area contributed by atoms with Gasteiger partial charge in [-0.05, 0) is 83.5 Å². The molecule has 1 heterocycles. The van der Waals surface area contributed by atoms with Gasteiger partial charge in [-0.2, -0.15) is 0 Å². The first-order valence-electron chi connectivity index (χ1n) is 8.75. The molecule has 0 unspecified atom stereocenters. The van der Waals surface area contributed by atoms with Gasteiger partial charge in [-0.25, -0.2) is 0 Å². The lowest BCUT2D eigenvalue weighted by Gasteiger charge is -2.13. The summed E-state index contributed by atoms with van der Waals surface area (Å²) in [6, 6.07) is 14.8. The van der Waals surface area contributed by atoms with Crippen molar-refractivity contribution >= 4 is 23.3 Å².